The summed E-state index contributed by atoms with van der Waals surface area (Å²) >= 11 is 0. The molecule has 1 aliphatic heterocycles. The van der Waals surface area contributed by atoms with Gasteiger partial charge in [-0.05, 0) is 42.8 Å². The molecule has 1 unspecified atom stereocenters. The molecule has 1 aromatic heterocycles. The van der Waals surface area contributed by atoms with Gasteiger partial charge in [0.25, 0.3) is 0 Å². The predicted octanol–water partition coefficient (Wildman–Crippen LogP) is 8.20. The van der Waals surface area contributed by atoms with Gasteiger partial charge < -0.3 is 14.6 Å². The quantitative estimate of drug-likeness (QED) is 0.319. The van der Waals surface area contributed by atoms with Crippen LogP contribution in [0.25, 0.3) is 32.7 Å². The summed E-state index contributed by atoms with van der Waals surface area (Å²) in [5, 5.41) is 8.74. The van der Waals surface area contributed by atoms with Crippen molar-refractivity contribution in [3.05, 3.63) is 83.9 Å². The number of rotatable bonds is 3. The number of nitrogens with one attached hydrogen (secondary N) is 1. The second-order valence-corrected chi connectivity index (χ2v) is 9.47. The van der Waals surface area contributed by atoms with E-state index >= 15 is 0 Å². The van der Waals surface area contributed by atoms with Gasteiger partial charge in [-0.15, -0.1) is 0 Å². The van der Waals surface area contributed by atoms with Crippen LogP contribution < -0.4 is 10.2 Å². The summed E-state index contributed by atoms with van der Waals surface area (Å²) in [6.07, 6.45) is 0.0182. The zero-order valence-corrected chi connectivity index (χ0v) is 19.0. The summed E-state index contributed by atoms with van der Waals surface area (Å²) in [6.45, 7) is 8.96. The van der Waals surface area contributed by atoms with Crippen molar-refractivity contribution in [3.8, 4) is 0 Å². The first-order valence-electron chi connectivity index (χ1n) is 11.5. The van der Waals surface area contributed by atoms with Gasteiger partial charge in [0.2, 0.25) is 0 Å². The van der Waals surface area contributed by atoms with E-state index in [1.165, 1.54) is 44.0 Å². The molecular formula is C29H28N2O. The van der Waals surface area contributed by atoms with Crippen molar-refractivity contribution in [2.45, 2.75) is 45.8 Å². The highest BCUT2D eigenvalue weighted by Gasteiger charge is 2.34. The van der Waals surface area contributed by atoms with Crippen LogP contribution in [0.1, 0.15) is 50.9 Å². The molecule has 5 aromatic rings. The molecule has 6 rings (SSSR count). The Morgan fingerprint density at radius 3 is 2.44 bits per heavy atom. The Kier molecular flexibility index (Phi) is 4.23. The average molecular weight is 421 g/mol. The van der Waals surface area contributed by atoms with Crippen LogP contribution in [0, 0.1) is 0 Å². The lowest BCUT2D eigenvalue weighted by molar-refractivity contribution is 0.611. The molecule has 0 spiro atoms. The van der Waals surface area contributed by atoms with Crippen LogP contribution in [0.5, 0.6) is 0 Å². The van der Waals surface area contributed by atoms with Gasteiger partial charge in [0.05, 0.1) is 11.4 Å². The fourth-order valence-corrected chi connectivity index (χ4v) is 5.19. The summed E-state index contributed by atoms with van der Waals surface area (Å²) in [4.78, 5) is 2.48. The van der Waals surface area contributed by atoms with Crippen molar-refractivity contribution in [2.75, 3.05) is 10.2 Å². The summed E-state index contributed by atoms with van der Waals surface area (Å²) < 4.78 is 6.53. The van der Waals surface area contributed by atoms with Gasteiger partial charge in [0.15, 0.2) is 0 Å². The highest BCUT2D eigenvalue weighted by atomic mass is 16.3. The lowest BCUT2D eigenvalue weighted by atomic mass is 10.0. The van der Waals surface area contributed by atoms with Gasteiger partial charge in [-0.3, -0.25) is 0 Å². The summed E-state index contributed by atoms with van der Waals surface area (Å²) in [5.74, 6) is 0.475. The highest BCUT2D eigenvalue weighted by molar-refractivity contribution is 6.07. The van der Waals surface area contributed by atoms with Gasteiger partial charge in [-0.25, -0.2) is 0 Å². The molecule has 3 heteroatoms. The maximum absolute atomic E-state index is 6.53. The van der Waals surface area contributed by atoms with Crippen LogP contribution in [0.4, 0.5) is 11.4 Å². The third kappa shape index (κ3) is 2.74. The molecule has 1 atom stereocenters. The van der Waals surface area contributed by atoms with Gasteiger partial charge in [-0.2, -0.15) is 0 Å². The Labute approximate surface area is 188 Å². The fraction of sp³-hybridized carbons (Fsp3) is 0.241. The minimum atomic E-state index is 0.0182. The van der Waals surface area contributed by atoms with Crippen LogP contribution >= 0.6 is 0 Å². The molecule has 160 valence electrons. The number of benzene rings is 4. The molecule has 0 aliphatic carbocycles. The Bertz CT molecular complexity index is 1480. The summed E-state index contributed by atoms with van der Waals surface area (Å²) in [7, 11) is 0. The van der Waals surface area contributed by atoms with Crippen molar-refractivity contribution < 1.29 is 4.42 Å². The zero-order chi connectivity index (χ0) is 22.0. The molecule has 32 heavy (non-hydrogen) atoms. The van der Waals surface area contributed by atoms with Crippen LogP contribution in [0.3, 0.4) is 0 Å². The molecule has 3 nitrogen and oxygen atoms in total. The second-order valence-electron chi connectivity index (χ2n) is 9.47. The third-order valence-electron chi connectivity index (χ3n) is 6.82. The van der Waals surface area contributed by atoms with E-state index in [0.717, 1.165) is 11.2 Å². The van der Waals surface area contributed by atoms with Crippen molar-refractivity contribution in [2.24, 2.45) is 0 Å². The topological polar surface area (TPSA) is 28.4 Å². The lowest BCUT2D eigenvalue weighted by Gasteiger charge is -2.31. The van der Waals surface area contributed by atoms with E-state index in [1.54, 1.807) is 0 Å². The highest BCUT2D eigenvalue weighted by Crippen LogP contribution is 2.48. The molecule has 0 bridgehead atoms. The van der Waals surface area contributed by atoms with E-state index in [0.29, 0.717) is 12.0 Å². The number of nitrogens with zero attached hydrogens (tertiary/aromatic N) is 1. The van der Waals surface area contributed by atoms with Crippen molar-refractivity contribution in [3.63, 3.8) is 0 Å². The monoisotopic (exact) mass is 420 g/mol. The first kappa shape index (κ1) is 19.2. The predicted molar refractivity (Wildman–Crippen MR) is 136 cm³/mol. The van der Waals surface area contributed by atoms with E-state index in [9.17, 15) is 0 Å². The molecular weight excluding hydrogens is 392 g/mol. The Balaban J connectivity index is 1.56. The molecule has 1 N–H and O–H groups in total. The van der Waals surface area contributed by atoms with Crippen molar-refractivity contribution in [1.29, 1.82) is 0 Å². The van der Waals surface area contributed by atoms with E-state index in [2.05, 4.69) is 111 Å². The number of hydrogen-bond acceptors (Lipinski definition) is 3. The fourth-order valence-electron chi connectivity index (χ4n) is 5.19. The van der Waals surface area contributed by atoms with E-state index < -0.39 is 0 Å². The van der Waals surface area contributed by atoms with Crippen molar-refractivity contribution >= 4 is 44.1 Å². The van der Waals surface area contributed by atoms with Crippen LogP contribution in [-0.2, 0) is 0 Å². The SMILES string of the molecule is CC(C)c1ccc2c(c1)oc1c(C3Nc4c(ccc5ccccc45)N3C(C)C)cccc12. The molecule has 0 fully saturated rings. The number of para-hydroxylation sites is 1. The standard InChI is InChI=1S/C29H28N2O/c1-17(2)20-12-14-22-23-10-7-11-24(28(23)32-26(22)16-20)29-30-27-21-9-6-5-8-19(21)13-15-25(27)31(29)18(3)4/h5-18,29-30H,1-4H3. The zero-order valence-electron chi connectivity index (χ0n) is 19.0. The minimum Gasteiger partial charge on any atom is -0.456 e. The lowest BCUT2D eigenvalue weighted by Crippen LogP contribution is -2.34. The molecule has 0 radical (unpaired) electrons. The second kappa shape index (κ2) is 7.03. The van der Waals surface area contributed by atoms with Gasteiger partial charge in [0, 0.05) is 27.8 Å². The summed E-state index contributed by atoms with van der Waals surface area (Å²) in [5.41, 5.74) is 6.88. The minimum absolute atomic E-state index is 0.0182. The normalized spacial score (nSPS) is 15.9. The van der Waals surface area contributed by atoms with Crippen LogP contribution in [-0.4, -0.2) is 6.04 Å². The number of hydrogen-bond donors (Lipinski definition) is 1. The third-order valence-corrected chi connectivity index (χ3v) is 6.82. The van der Waals surface area contributed by atoms with Crippen molar-refractivity contribution in [1.82, 2.24) is 0 Å². The maximum atomic E-state index is 6.53. The van der Waals surface area contributed by atoms with Gasteiger partial charge in [0.1, 0.15) is 17.3 Å². The number of fused-ring (bicyclic) bond motifs is 6. The van der Waals surface area contributed by atoms with Crippen LogP contribution in [0.2, 0.25) is 0 Å². The molecule has 0 amide bonds. The first-order chi connectivity index (χ1) is 15.5. The van der Waals surface area contributed by atoms with Crippen LogP contribution in [0.15, 0.2) is 77.2 Å². The Hall–Kier alpha value is -3.46. The van der Waals surface area contributed by atoms with Gasteiger partial charge >= 0.3 is 0 Å². The molecule has 0 saturated heterocycles. The smallest absolute Gasteiger partial charge is 0.142 e. The maximum Gasteiger partial charge on any atom is 0.142 e. The molecule has 1 aliphatic rings. The van der Waals surface area contributed by atoms with E-state index in [4.69, 9.17) is 4.42 Å². The summed E-state index contributed by atoms with van der Waals surface area (Å²) in [6, 6.07) is 26.6. The Morgan fingerprint density at radius 1 is 0.812 bits per heavy atom. The molecule has 2 heterocycles. The molecule has 4 aromatic carbocycles. The average Bonchev–Trinajstić information content (AvgIpc) is 3.37. The Morgan fingerprint density at radius 2 is 1.62 bits per heavy atom. The number of furan rings is 1. The van der Waals surface area contributed by atoms with Gasteiger partial charge in [-0.1, -0.05) is 74.5 Å². The molecule has 0 saturated carbocycles. The number of anilines is 2. The van der Waals surface area contributed by atoms with E-state index in [-0.39, 0.29) is 6.17 Å². The van der Waals surface area contributed by atoms with E-state index in [1.807, 2.05) is 0 Å². The largest absolute Gasteiger partial charge is 0.456 e. The first-order valence-corrected chi connectivity index (χ1v) is 11.5.